The summed E-state index contributed by atoms with van der Waals surface area (Å²) in [6.07, 6.45) is 0.494. The topological polar surface area (TPSA) is 47.4 Å². The normalized spacial score (nSPS) is 16.0. The fourth-order valence-electron chi connectivity index (χ4n) is 4.60. The van der Waals surface area contributed by atoms with Gasteiger partial charge in [0.1, 0.15) is 18.2 Å². The van der Waals surface area contributed by atoms with Crippen molar-refractivity contribution in [1.29, 1.82) is 0 Å². The minimum atomic E-state index is 0.0789. The summed E-state index contributed by atoms with van der Waals surface area (Å²) in [6, 6.07) is 24.6. The Balaban J connectivity index is 1.35. The number of aromatic nitrogens is 2. The molecule has 1 aliphatic rings. The van der Waals surface area contributed by atoms with E-state index in [0.29, 0.717) is 32.7 Å². The summed E-state index contributed by atoms with van der Waals surface area (Å²) in [6.45, 7) is 6.77. The van der Waals surface area contributed by atoms with E-state index in [1.165, 1.54) is 11.1 Å². The summed E-state index contributed by atoms with van der Waals surface area (Å²) < 4.78 is 8.31. The number of fused-ring (bicyclic) bond motifs is 1. The standard InChI is InChI=1S/C28H29N3O2/c1-20-12-13-24(16-21(20)2)33-15-14-31-26-11-7-6-10-25(26)29-28(31)23-17-27(32)30(19-23)18-22-8-4-3-5-9-22/h3-13,16,23H,14-15,17-19H2,1-2H3/t23-/m0/s1. The van der Waals surface area contributed by atoms with E-state index >= 15 is 0 Å². The van der Waals surface area contributed by atoms with E-state index in [1.807, 2.05) is 47.4 Å². The molecule has 1 amide bonds. The summed E-state index contributed by atoms with van der Waals surface area (Å²) in [7, 11) is 0. The second kappa shape index (κ2) is 9.10. The van der Waals surface area contributed by atoms with Gasteiger partial charge in [-0.05, 0) is 54.8 Å². The number of hydrogen-bond acceptors (Lipinski definition) is 3. The summed E-state index contributed by atoms with van der Waals surface area (Å²) >= 11 is 0. The van der Waals surface area contributed by atoms with Crippen LogP contribution in [0.2, 0.25) is 0 Å². The predicted molar refractivity (Wildman–Crippen MR) is 130 cm³/mol. The third-order valence-electron chi connectivity index (χ3n) is 6.54. The molecule has 0 N–H and O–H groups in total. The van der Waals surface area contributed by atoms with E-state index in [4.69, 9.17) is 9.72 Å². The van der Waals surface area contributed by atoms with Crippen LogP contribution in [0.3, 0.4) is 0 Å². The van der Waals surface area contributed by atoms with Crippen molar-refractivity contribution in [3.63, 3.8) is 0 Å². The molecule has 1 aromatic heterocycles. The second-order valence-electron chi connectivity index (χ2n) is 8.87. The third-order valence-corrected chi connectivity index (χ3v) is 6.54. The molecule has 0 unspecified atom stereocenters. The number of hydrogen-bond donors (Lipinski definition) is 0. The van der Waals surface area contributed by atoms with Gasteiger partial charge in [0.25, 0.3) is 0 Å². The number of imidazole rings is 1. The van der Waals surface area contributed by atoms with Crippen LogP contribution < -0.4 is 4.74 Å². The highest BCUT2D eigenvalue weighted by atomic mass is 16.5. The number of ether oxygens (including phenoxy) is 1. The minimum Gasteiger partial charge on any atom is -0.492 e. The molecule has 5 heteroatoms. The van der Waals surface area contributed by atoms with Gasteiger partial charge < -0.3 is 14.2 Å². The molecule has 33 heavy (non-hydrogen) atoms. The van der Waals surface area contributed by atoms with Crippen molar-refractivity contribution in [3.8, 4) is 5.75 Å². The van der Waals surface area contributed by atoms with Gasteiger partial charge >= 0.3 is 0 Å². The molecule has 5 rings (SSSR count). The average Bonchev–Trinajstić information content (AvgIpc) is 3.37. The summed E-state index contributed by atoms with van der Waals surface area (Å²) in [5.41, 5.74) is 5.69. The number of rotatable bonds is 7. The van der Waals surface area contributed by atoms with Crippen molar-refractivity contribution in [1.82, 2.24) is 14.5 Å². The first-order valence-electron chi connectivity index (χ1n) is 11.6. The Morgan fingerprint density at radius 1 is 0.970 bits per heavy atom. The molecule has 1 fully saturated rings. The molecule has 1 aliphatic heterocycles. The van der Waals surface area contributed by atoms with Gasteiger partial charge in [-0.3, -0.25) is 4.79 Å². The quantitative estimate of drug-likeness (QED) is 0.395. The van der Waals surface area contributed by atoms with E-state index in [9.17, 15) is 4.79 Å². The van der Waals surface area contributed by atoms with Gasteiger partial charge in [0.15, 0.2) is 0 Å². The van der Waals surface area contributed by atoms with Crippen molar-refractivity contribution in [2.75, 3.05) is 13.2 Å². The highest BCUT2D eigenvalue weighted by molar-refractivity contribution is 5.81. The maximum atomic E-state index is 12.8. The largest absolute Gasteiger partial charge is 0.492 e. The van der Waals surface area contributed by atoms with E-state index in [1.54, 1.807) is 0 Å². The van der Waals surface area contributed by atoms with Crippen molar-refractivity contribution in [2.24, 2.45) is 0 Å². The molecule has 3 aromatic carbocycles. The first-order chi connectivity index (χ1) is 16.1. The zero-order valence-corrected chi connectivity index (χ0v) is 19.2. The van der Waals surface area contributed by atoms with Gasteiger partial charge in [-0.15, -0.1) is 0 Å². The molecule has 0 saturated carbocycles. The van der Waals surface area contributed by atoms with E-state index < -0.39 is 0 Å². The van der Waals surface area contributed by atoms with Crippen LogP contribution >= 0.6 is 0 Å². The summed E-state index contributed by atoms with van der Waals surface area (Å²) in [4.78, 5) is 19.7. The number of nitrogens with zero attached hydrogens (tertiary/aromatic N) is 3. The fourth-order valence-corrected chi connectivity index (χ4v) is 4.60. The molecule has 0 spiro atoms. The number of benzene rings is 3. The SMILES string of the molecule is Cc1ccc(OCCn2c([C@H]3CC(=O)N(Cc4ccccc4)C3)nc3ccccc32)cc1C. The van der Waals surface area contributed by atoms with Gasteiger partial charge in [0, 0.05) is 25.4 Å². The van der Waals surface area contributed by atoms with E-state index in [0.717, 1.165) is 28.2 Å². The number of para-hydroxylation sites is 2. The molecule has 2 heterocycles. The number of likely N-dealkylation sites (tertiary alicyclic amines) is 1. The monoisotopic (exact) mass is 439 g/mol. The molecule has 0 bridgehead atoms. The molecule has 1 saturated heterocycles. The lowest BCUT2D eigenvalue weighted by Gasteiger charge is -2.17. The zero-order valence-electron chi connectivity index (χ0n) is 19.2. The molecule has 0 radical (unpaired) electrons. The van der Waals surface area contributed by atoms with Crippen molar-refractivity contribution < 1.29 is 9.53 Å². The first kappa shape index (κ1) is 21.3. The van der Waals surface area contributed by atoms with Gasteiger partial charge in [0.2, 0.25) is 5.91 Å². The molecule has 5 nitrogen and oxygen atoms in total. The smallest absolute Gasteiger partial charge is 0.223 e. The number of amides is 1. The van der Waals surface area contributed by atoms with Crippen molar-refractivity contribution >= 4 is 16.9 Å². The van der Waals surface area contributed by atoms with Crippen LogP contribution in [0.5, 0.6) is 5.75 Å². The van der Waals surface area contributed by atoms with E-state index in [-0.39, 0.29) is 11.8 Å². The van der Waals surface area contributed by atoms with Crippen molar-refractivity contribution in [3.05, 3.63) is 95.3 Å². The third kappa shape index (κ3) is 4.49. The summed E-state index contributed by atoms with van der Waals surface area (Å²) in [5, 5.41) is 0. The molecular weight excluding hydrogens is 410 g/mol. The lowest BCUT2D eigenvalue weighted by Crippen LogP contribution is -2.24. The van der Waals surface area contributed by atoms with Gasteiger partial charge in [0.05, 0.1) is 17.6 Å². The highest BCUT2D eigenvalue weighted by Crippen LogP contribution is 2.31. The number of carbonyl (C=O) groups excluding carboxylic acids is 1. The fraction of sp³-hybridized carbons (Fsp3) is 0.286. The minimum absolute atomic E-state index is 0.0789. The Kier molecular flexibility index (Phi) is 5.86. The van der Waals surface area contributed by atoms with Crippen LogP contribution in [0.15, 0.2) is 72.8 Å². The van der Waals surface area contributed by atoms with Crippen LogP contribution in [-0.4, -0.2) is 33.5 Å². The van der Waals surface area contributed by atoms with Gasteiger partial charge in [-0.1, -0.05) is 48.5 Å². The van der Waals surface area contributed by atoms with E-state index in [2.05, 4.69) is 48.7 Å². The van der Waals surface area contributed by atoms with Gasteiger partial charge in [-0.25, -0.2) is 4.98 Å². The molecule has 1 atom stereocenters. The van der Waals surface area contributed by atoms with Crippen LogP contribution in [0.25, 0.3) is 11.0 Å². The van der Waals surface area contributed by atoms with Crippen LogP contribution in [-0.2, 0) is 17.9 Å². The summed E-state index contributed by atoms with van der Waals surface area (Å²) in [5.74, 6) is 2.13. The maximum absolute atomic E-state index is 12.8. The molecule has 0 aliphatic carbocycles. The highest BCUT2D eigenvalue weighted by Gasteiger charge is 2.33. The Hall–Kier alpha value is -3.60. The van der Waals surface area contributed by atoms with Crippen LogP contribution in [0.4, 0.5) is 0 Å². The molecule has 168 valence electrons. The Labute approximate surface area is 194 Å². The zero-order chi connectivity index (χ0) is 22.8. The van der Waals surface area contributed by atoms with Crippen molar-refractivity contribution in [2.45, 2.75) is 39.3 Å². The van der Waals surface area contributed by atoms with Crippen LogP contribution in [0, 0.1) is 13.8 Å². The maximum Gasteiger partial charge on any atom is 0.223 e. The lowest BCUT2D eigenvalue weighted by atomic mass is 10.1. The Morgan fingerprint density at radius 3 is 2.58 bits per heavy atom. The second-order valence-corrected chi connectivity index (χ2v) is 8.87. The van der Waals surface area contributed by atoms with Gasteiger partial charge in [-0.2, -0.15) is 0 Å². The number of aryl methyl sites for hydroxylation is 2. The molecule has 4 aromatic rings. The van der Waals surface area contributed by atoms with Crippen LogP contribution in [0.1, 0.15) is 34.9 Å². The number of carbonyl (C=O) groups is 1. The first-order valence-corrected chi connectivity index (χ1v) is 11.6. The predicted octanol–water partition coefficient (Wildman–Crippen LogP) is 5.25. The Bertz CT molecular complexity index is 1280. The molecular formula is C28H29N3O2. The Morgan fingerprint density at radius 2 is 1.76 bits per heavy atom. The lowest BCUT2D eigenvalue weighted by molar-refractivity contribution is -0.128. The average molecular weight is 440 g/mol.